The van der Waals surface area contributed by atoms with Gasteiger partial charge in [0.1, 0.15) is 6.54 Å². The van der Waals surface area contributed by atoms with E-state index in [0.29, 0.717) is 0 Å². The molecule has 0 aliphatic heterocycles. The van der Waals surface area contributed by atoms with Crippen LogP contribution in [0.25, 0.3) is 0 Å². The minimum atomic E-state index is -0.577. The van der Waals surface area contributed by atoms with Crippen molar-refractivity contribution in [3.63, 3.8) is 0 Å². The number of hydrogen-bond donors (Lipinski definition) is 1. The summed E-state index contributed by atoms with van der Waals surface area (Å²) in [7, 11) is 1.24. The molecule has 0 aliphatic rings. The molecule has 0 heterocycles. The molecule has 0 aromatic rings. The van der Waals surface area contributed by atoms with Crippen LogP contribution < -0.4 is 5.32 Å². The van der Waals surface area contributed by atoms with Gasteiger partial charge in [0, 0.05) is 0 Å². The maximum absolute atomic E-state index is 10.1. The van der Waals surface area contributed by atoms with Gasteiger partial charge in [-0.15, -0.1) is 0 Å². The van der Waals surface area contributed by atoms with Crippen LogP contribution in [0.4, 0.5) is 4.79 Å². The van der Waals surface area contributed by atoms with E-state index in [2.05, 4.69) is 10.1 Å². The van der Waals surface area contributed by atoms with E-state index in [1.165, 1.54) is 7.11 Å². The topological polar surface area (TPSA) is 62.1 Å². The van der Waals surface area contributed by atoms with Gasteiger partial charge in [0.2, 0.25) is 0 Å². The number of carbonyl (C=O) groups is 1. The fourth-order valence-corrected chi connectivity index (χ4v) is 0.184. The Morgan fingerprint density at radius 1 is 2.00 bits per heavy atom. The van der Waals surface area contributed by atoms with Crippen LogP contribution in [-0.4, -0.2) is 19.7 Å². The first kappa shape index (κ1) is 6.76. The summed E-state index contributed by atoms with van der Waals surface area (Å²) in [5, 5.41) is 10.1. The predicted octanol–water partition coefficient (Wildman–Crippen LogP) is -0.134. The van der Waals surface area contributed by atoms with E-state index in [9.17, 15) is 4.79 Å². The number of ether oxygens (including phenoxy) is 1. The Morgan fingerprint density at radius 3 is 3.00 bits per heavy atom. The SMILES string of the molecule is COC(=O)NCC#N. The van der Waals surface area contributed by atoms with Crippen molar-refractivity contribution in [1.29, 1.82) is 5.26 Å². The van der Waals surface area contributed by atoms with Crippen molar-refractivity contribution >= 4 is 6.09 Å². The van der Waals surface area contributed by atoms with Crippen molar-refractivity contribution in [1.82, 2.24) is 5.32 Å². The van der Waals surface area contributed by atoms with Gasteiger partial charge in [-0.25, -0.2) is 4.79 Å². The lowest BCUT2D eigenvalue weighted by molar-refractivity contribution is 0.172. The molecule has 1 amide bonds. The molecular formula is C4H6N2O2. The molecule has 0 unspecified atom stereocenters. The van der Waals surface area contributed by atoms with Gasteiger partial charge in [-0.3, -0.25) is 0 Å². The summed E-state index contributed by atoms with van der Waals surface area (Å²) >= 11 is 0. The van der Waals surface area contributed by atoms with Crippen LogP contribution in [0.15, 0.2) is 0 Å². The molecule has 0 aromatic heterocycles. The largest absolute Gasteiger partial charge is 0.453 e. The number of nitrogens with one attached hydrogen (secondary N) is 1. The summed E-state index contributed by atoms with van der Waals surface area (Å²) in [6.07, 6.45) is -0.577. The Kier molecular flexibility index (Phi) is 3.32. The van der Waals surface area contributed by atoms with Gasteiger partial charge in [0.05, 0.1) is 13.2 Å². The second-order valence-corrected chi connectivity index (χ2v) is 1.00. The molecule has 44 valence electrons. The van der Waals surface area contributed by atoms with Crippen LogP contribution in [0.1, 0.15) is 0 Å². The van der Waals surface area contributed by atoms with E-state index in [1.807, 2.05) is 0 Å². The summed E-state index contributed by atoms with van der Waals surface area (Å²) in [5.41, 5.74) is 0. The van der Waals surface area contributed by atoms with Gasteiger partial charge < -0.3 is 10.1 Å². The third-order valence-electron chi connectivity index (χ3n) is 0.497. The molecular weight excluding hydrogens is 108 g/mol. The predicted molar refractivity (Wildman–Crippen MR) is 26.0 cm³/mol. The molecule has 8 heavy (non-hydrogen) atoms. The number of carbonyl (C=O) groups excluding carboxylic acids is 1. The van der Waals surface area contributed by atoms with Crippen molar-refractivity contribution in [2.24, 2.45) is 0 Å². The standard InChI is InChI=1S/C4H6N2O2/c1-8-4(7)6-3-2-5/h3H2,1H3,(H,6,7). The highest BCUT2D eigenvalue weighted by Crippen LogP contribution is 1.66. The van der Waals surface area contributed by atoms with Crippen LogP contribution in [0.3, 0.4) is 0 Å². The molecule has 0 aliphatic carbocycles. The van der Waals surface area contributed by atoms with Crippen LogP contribution in [0.5, 0.6) is 0 Å². The van der Waals surface area contributed by atoms with Crippen molar-refractivity contribution in [3.8, 4) is 6.07 Å². The van der Waals surface area contributed by atoms with Crippen molar-refractivity contribution in [3.05, 3.63) is 0 Å². The molecule has 0 atom stereocenters. The lowest BCUT2D eigenvalue weighted by Gasteiger charge is -1.94. The van der Waals surface area contributed by atoms with Crippen LogP contribution in [0.2, 0.25) is 0 Å². The van der Waals surface area contributed by atoms with Gasteiger partial charge in [0.25, 0.3) is 0 Å². The van der Waals surface area contributed by atoms with E-state index >= 15 is 0 Å². The number of hydrogen-bond acceptors (Lipinski definition) is 3. The summed E-state index contributed by atoms with van der Waals surface area (Å²) in [4.78, 5) is 10.1. The first-order chi connectivity index (χ1) is 3.81. The molecule has 4 heteroatoms. The zero-order valence-electron chi connectivity index (χ0n) is 4.47. The number of methoxy groups -OCH3 is 1. The molecule has 0 rings (SSSR count). The van der Waals surface area contributed by atoms with Crippen LogP contribution >= 0.6 is 0 Å². The zero-order chi connectivity index (χ0) is 6.41. The Morgan fingerprint density at radius 2 is 2.62 bits per heavy atom. The molecule has 0 radical (unpaired) electrons. The summed E-state index contributed by atoms with van der Waals surface area (Å²) in [5.74, 6) is 0. The van der Waals surface area contributed by atoms with E-state index in [4.69, 9.17) is 5.26 Å². The minimum Gasteiger partial charge on any atom is -0.453 e. The number of nitriles is 1. The second-order valence-electron chi connectivity index (χ2n) is 1.00. The number of amides is 1. The molecule has 0 saturated heterocycles. The Bertz CT molecular complexity index is 116. The lowest BCUT2D eigenvalue weighted by Crippen LogP contribution is -2.22. The average Bonchev–Trinajstić information content (AvgIpc) is 1.83. The minimum absolute atomic E-state index is 0.00727. The average molecular weight is 114 g/mol. The number of alkyl carbamates (subject to hydrolysis) is 1. The molecule has 1 N–H and O–H groups in total. The van der Waals surface area contributed by atoms with Crippen molar-refractivity contribution < 1.29 is 9.53 Å². The number of rotatable bonds is 1. The quantitative estimate of drug-likeness (QED) is 0.483. The zero-order valence-corrected chi connectivity index (χ0v) is 4.47. The molecule has 4 nitrogen and oxygen atoms in total. The van der Waals surface area contributed by atoms with Gasteiger partial charge in [-0.1, -0.05) is 0 Å². The Balaban J connectivity index is 3.15. The fourth-order valence-electron chi connectivity index (χ4n) is 0.184. The Labute approximate surface area is 47.1 Å². The van der Waals surface area contributed by atoms with Gasteiger partial charge in [0.15, 0.2) is 0 Å². The van der Waals surface area contributed by atoms with Crippen LogP contribution in [0, 0.1) is 11.3 Å². The van der Waals surface area contributed by atoms with Crippen molar-refractivity contribution in [2.45, 2.75) is 0 Å². The maximum Gasteiger partial charge on any atom is 0.407 e. The second kappa shape index (κ2) is 3.93. The number of nitrogens with zero attached hydrogens (tertiary/aromatic N) is 1. The maximum atomic E-state index is 10.1. The molecule has 0 aromatic carbocycles. The van der Waals surface area contributed by atoms with Gasteiger partial charge in [-0.2, -0.15) is 5.26 Å². The van der Waals surface area contributed by atoms with E-state index < -0.39 is 6.09 Å². The smallest absolute Gasteiger partial charge is 0.407 e. The highest BCUT2D eigenvalue weighted by Gasteiger charge is 1.91. The van der Waals surface area contributed by atoms with Crippen molar-refractivity contribution in [2.75, 3.05) is 13.7 Å². The third kappa shape index (κ3) is 2.97. The first-order valence-electron chi connectivity index (χ1n) is 2.00. The lowest BCUT2D eigenvalue weighted by atomic mass is 10.7. The normalized spacial score (nSPS) is 7.00. The van der Waals surface area contributed by atoms with E-state index in [-0.39, 0.29) is 6.54 Å². The highest BCUT2D eigenvalue weighted by atomic mass is 16.5. The first-order valence-corrected chi connectivity index (χ1v) is 2.00. The summed E-state index contributed by atoms with van der Waals surface area (Å²) in [6, 6.07) is 1.72. The highest BCUT2D eigenvalue weighted by molar-refractivity contribution is 5.67. The van der Waals surface area contributed by atoms with Gasteiger partial charge in [-0.05, 0) is 0 Å². The van der Waals surface area contributed by atoms with E-state index in [0.717, 1.165) is 0 Å². The molecule has 0 fully saturated rings. The molecule has 0 bridgehead atoms. The molecule has 0 spiro atoms. The summed E-state index contributed by atoms with van der Waals surface area (Å²) in [6.45, 7) is -0.00727. The fraction of sp³-hybridized carbons (Fsp3) is 0.500. The Hall–Kier alpha value is -1.24. The van der Waals surface area contributed by atoms with Gasteiger partial charge >= 0.3 is 6.09 Å². The third-order valence-corrected chi connectivity index (χ3v) is 0.497. The van der Waals surface area contributed by atoms with Crippen LogP contribution in [-0.2, 0) is 4.74 Å². The van der Waals surface area contributed by atoms with E-state index in [1.54, 1.807) is 6.07 Å². The molecule has 0 saturated carbocycles. The monoisotopic (exact) mass is 114 g/mol. The summed E-state index contributed by atoms with van der Waals surface area (Å²) < 4.78 is 4.15.